The molecule has 0 saturated heterocycles. The molecule has 4 nitrogen and oxygen atoms in total. The highest BCUT2D eigenvalue weighted by Gasteiger charge is 2.20. The van der Waals surface area contributed by atoms with Gasteiger partial charge in [0.25, 0.3) is 0 Å². The molecule has 74 valence electrons. The first kappa shape index (κ1) is 8.35. The lowest BCUT2D eigenvalue weighted by atomic mass is 10.2. The molecule has 4 heteroatoms. The van der Waals surface area contributed by atoms with E-state index in [2.05, 4.69) is 9.97 Å². The summed E-state index contributed by atoms with van der Waals surface area (Å²) in [7, 11) is 0. The van der Waals surface area contributed by atoms with Crippen LogP contribution >= 0.6 is 0 Å². The third-order valence-electron chi connectivity index (χ3n) is 2.38. The number of para-hydroxylation sites is 2. The van der Waals surface area contributed by atoms with Crippen LogP contribution in [0, 0.1) is 0 Å². The molecule has 0 aliphatic carbocycles. The van der Waals surface area contributed by atoms with E-state index >= 15 is 0 Å². The predicted octanol–water partition coefficient (Wildman–Crippen LogP) is 1.48. The van der Waals surface area contributed by atoms with Gasteiger partial charge in [-0.15, -0.1) is 0 Å². The van der Waals surface area contributed by atoms with E-state index < -0.39 is 0 Å². The van der Waals surface area contributed by atoms with Crippen LogP contribution in [0.5, 0.6) is 5.88 Å². The van der Waals surface area contributed by atoms with E-state index in [1.165, 1.54) is 0 Å². The van der Waals surface area contributed by atoms with Crippen molar-refractivity contribution in [3.8, 4) is 5.88 Å². The van der Waals surface area contributed by atoms with Gasteiger partial charge < -0.3 is 4.74 Å². The maximum absolute atomic E-state index is 11.1. The number of hydrogen-bond donors (Lipinski definition) is 0. The lowest BCUT2D eigenvalue weighted by Crippen LogP contribution is -2.18. The van der Waals surface area contributed by atoms with Gasteiger partial charge in [-0.25, -0.2) is 9.97 Å². The summed E-state index contributed by atoms with van der Waals surface area (Å²) >= 11 is 0. The third-order valence-corrected chi connectivity index (χ3v) is 2.38. The summed E-state index contributed by atoms with van der Waals surface area (Å²) in [5.41, 5.74) is 2.37. The molecular formula is C11H8N2O2. The first-order valence-corrected chi connectivity index (χ1v) is 4.79. The summed E-state index contributed by atoms with van der Waals surface area (Å²) in [5, 5.41) is 0. The normalized spacial score (nSPS) is 14.8. The Kier molecular flexibility index (Phi) is 1.68. The van der Waals surface area contributed by atoms with Crippen LogP contribution in [-0.4, -0.2) is 15.9 Å². The minimum absolute atomic E-state index is 0.230. The molecule has 3 rings (SSSR count). The Morgan fingerprint density at radius 2 is 1.80 bits per heavy atom. The molecule has 0 fully saturated rings. The summed E-state index contributed by atoms with van der Waals surface area (Å²) in [5.74, 6) is 0.136. The van der Waals surface area contributed by atoms with Gasteiger partial charge in [0.1, 0.15) is 5.69 Å². The van der Waals surface area contributed by atoms with Crippen molar-refractivity contribution >= 4 is 17.0 Å². The van der Waals surface area contributed by atoms with Crippen LogP contribution in [-0.2, 0) is 11.2 Å². The number of aryl methyl sites for hydroxylation is 1. The van der Waals surface area contributed by atoms with E-state index in [1.807, 2.05) is 24.3 Å². The Balaban J connectivity index is 2.24. The number of hydrogen-bond acceptors (Lipinski definition) is 4. The van der Waals surface area contributed by atoms with E-state index in [0.29, 0.717) is 18.7 Å². The van der Waals surface area contributed by atoms with Gasteiger partial charge in [0.15, 0.2) is 0 Å². The summed E-state index contributed by atoms with van der Waals surface area (Å²) in [6, 6.07) is 7.55. The van der Waals surface area contributed by atoms with Crippen molar-refractivity contribution in [1.82, 2.24) is 9.97 Å². The molecule has 15 heavy (non-hydrogen) atoms. The number of benzene rings is 1. The Bertz CT molecular complexity index is 551. The second-order valence-electron chi connectivity index (χ2n) is 3.44. The van der Waals surface area contributed by atoms with Crippen LogP contribution in [0.1, 0.15) is 12.1 Å². The monoisotopic (exact) mass is 200 g/mol. The Morgan fingerprint density at radius 1 is 1.07 bits per heavy atom. The zero-order chi connectivity index (χ0) is 10.3. The van der Waals surface area contributed by atoms with Crippen LogP contribution in [0.3, 0.4) is 0 Å². The van der Waals surface area contributed by atoms with Crippen LogP contribution < -0.4 is 4.74 Å². The molecule has 0 N–H and O–H groups in total. The molecule has 1 aliphatic rings. The topological polar surface area (TPSA) is 52.1 Å². The van der Waals surface area contributed by atoms with E-state index in [0.717, 1.165) is 16.7 Å². The van der Waals surface area contributed by atoms with Crippen molar-refractivity contribution in [2.75, 3.05) is 0 Å². The highest BCUT2D eigenvalue weighted by Crippen LogP contribution is 2.23. The van der Waals surface area contributed by atoms with Crippen LogP contribution in [0.15, 0.2) is 24.3 Å². The molecular weight excluding hydrogens is 192 g/mol. The zero-order valence-corrected chi connectivity index (χ0v) is 7.93. The zero-order valence-electron chi connectivity index (χ0n) is 7.93. The SMILES string of the molecule is O=C1CCc2nc3ccccc3nc2O1. The average molecular weight is 200 g/mol. The van der Waals surface area contributed by atoms with Gasteiger partial charge in [0.2, 0.25) is 5.88 Å². The van der Waals surface area contributed by atoms with Crippen molar-refractivity contribution in [2.45, 2.75) is 12.8 Å². The van der Waals surface area contributed by atoms with Crippen molar-refractivity contribution in [1.29, 1.82) is 0 Å². The molecule has 0 atom stereocenters. The van der Waals surface area contributed by atoms with Gasteiger partial charge in [-0.05, 0) is 12.1 Å². The minimum atomic E-state index is -0.230. The quantitative estimate of drug-likeness (QED) is 0.604. The van der Waals surface area contributed by atoms with E-state index in [9.17, 15) is 4.79 Å². The molecule has 0 bridgehead atoms. The van der Waals surface area contributed by atoms with E-state index in [-0.39, 0.29) is 5.97 Å². The minimum Gasteiger partial charge on any atom is -0.405 e. The summed E-state index contributed by atoms with van der Waals surface area (Å²) in [4.78, 5) is 19.7. The van der Waals surface area contributed by atoms with Gasteiger partial charge >= 0.3 is 5.97 Å². The lowest BCUT2D eigenvalue weighted by Gasteiger charge is -2.13. The standard InChI is InChI=1S/C11H8N2O2/c14-10-6-5-9-11(15-10)13-8-4-2-1-3-7(8)12-9/h1-4H,5-6H2. The van der Waals surface area contributed by atoms with Gasteiger partial charge in [0.05, 0.1) is 17.5 Å². The molecule has 2 aromatic rings. The molecule has 0 amide bonds. The van der Waals surface area contributed by atoms with Gasteiger partial charge in [-0.1, -0.05) is 12.1 Å². The number of esters is 1. The second kappa shape index (κ2) is 3.02. The molecule has 1 aromatic carbocycles. The molecule has 0 radical (unpaired) electrons. The van der Waals surface area contributed by atoms with Crippen LogP contribution in [0.4, 0.5) is 0 Å². The summed E-state index contributed by atoms with van der Waals surface area (Å²) < 4.78 is 5.03. The molecule has 1 aliphatic heterocycles. The molecule has 2 heterocycles. The number of nitrogens with zero attached hydrogens (tertiary/aromatic N) is 2. The fraction of sp³-hybridized carbons (Fsp3) is 0.182. The average Bonchev–Trinajstić information content (AvgIpc) is 2.26. The Hall–Kier alpha value is -1.97. The Labute approximate surface area is 85.9 Å². The van der Waals surface area contributed by atoms with Crippen molar-refractivity contribution < 1.29 is 9.53 Å². The smallest absolute Gasteiger partial charge is 0.312 e. The number of carbonyl (C=O) groups is 1. The third kappa shape index (κ3) is 1.34. The number of carbonyl (C=O) groups excluding carboxylic acids is 1. The van der Waals surface area contributed by atoms with Crippen molar-refractivity contribution in [3.05, 3.63) is 30.0 Å². The number of aromatic nitrogens is 2. The fourth-order valence-corrected chi connectivity index (χ4v) is 1.64. The highest BCUT2D eigenvalue weighted by atomic mass is 16.5. The van der Waals surface area contributed by atoms with Gasteiger partial charge in [-0.2, -0.15) is 0 Å². The largest absolute Gasteiger partial charge is 0.405 e. The highest BCUT2D eigenvalue weighted by molar-refractivity contribution is 5.78. The van der Waals surface area contributed by atoms with Crippen LogP contribution in [0.2, 0.25) is 0 Å². The fourth-order valence-electron chi connectivity index (χ4n) is 1.64. The first-order valence-electron chi connectivity index (χ1n) is 4.79. The van der Waals surface area contributed by atoms with Gasteiger partial charge in [-0.3, -0.25) is 4.79 Å². The van der Waals surface area contributed by atoms with Crippen molar-refractivity contribution in [2.24, 2.45) is 0 Å². The molecule has 0 saturated carbocycles. The van der Waals surface area contributed by atoms with Crippen molar-refractivity contribution in [3.63, 3.8) is 0 Å². The van der Waals surface area contributed by atoms with Crippen LogP contribution in [0.25, 0.3) is 11.0 Å². The maximum atomic E-state index is 11.1. The molecule has 0 spiro atoms. The van der Waals surface area contributed by atoms with E-state index in [1.54, 1.807) is 0 Å². The second-order valence-corrected chi connectivity index (χ2v) is 3.44. The predicted molar refractivity (Wildman–Crippen MR) is 53.5 cm³/mol. The maximum Gasteiger partial charge on any atom is 0.312 e. The summed E-state index contributed by atoms with van der Waals surface area (Å²) in [6.45, 7) is 0. The Morgan fingerprint density at radius 3 is 2.60 bits per heavy atom. The molecule has 1 aromatic heterocycles. The number of ether oxygens (including phenoxy) is 1. The number of rotatable bonds is 0. The van der Waals surface area contributed by atoms with E-state index in [4.69, 9.17) is 4.74 Å². The first-order chi connectivity index (χ1) is 7.33. The lowest BCUT2D eigenvalue weighted by molar-refractivity contribution is -0.135. The number of fused-ring (bicyclic) bond motifs is 2. The van der Waals surface area contributed by atoms with Gasteiger partial charge in [0, 0.05) is 6.42 Å². The molecule has 0 unspecified atom stereocenters. The summed E-state index contributed by atoms with van der Waals surface area (Å²) in [6.07, 6.45) is 1.01.